The molecule has 0 heterocycles. The van der Waals surface area contributed by atoms with Gasteiger partial charge in [-0.3, -0.25) is 0 Å². The average Bonchev–Trinajstić information content (AvgIpc) is 2.49. The Labute approximate surface area is 136 Å². The van der Waals surface area contributed by atoms with Gasteiger partial charge < -0.3 is 19.5 Å². The van der Waals surface area contributed by atoms with E-state index in [1.54, 1.807) is 14.2 Å². The molecule has 0 aliphatic heterocycles. The summed E-state index contributed by atoms with van der Waals surface area (Å²) in [5, 5.41) is 3.77. The van der Waals surface area contributed by atoms with Crippen LogP contribution in [-0.4, -0.2) is 34.0 Å². The Morgan fingerprint density at radius 2 is 2.10 bits per heavy atom. The lowest BCUT2D eigenvalue weighted by atomic mass is 10.2. The summed E-state index contributed by atoms with van der Waals surface area (Å²) in [4.78, 5) is 0. The molecule has 4 nitrogen and oxygen atoms in total. The molecule has 0 bridgehead atoms. The fraction of sp³-hybridized carbons (Fsp3) is 0.467. The van der Waals surface area contributed by atoms with Gasteiger partial charge in [0.05, 0.1) is 18.7 Å². The Morgan fingerprint density at radius 3 is 2.71 bits per heavy atom. The number of halogens is 2. The molecule has 0 aromatic heterocycles. The number of hydrogen-bond donors (Lipinski definition) is 1. The number of rotatable bonds is 9. The largest absolute Gasteiger partial charge is 0.493 e. The maximum atomic E-state index is 6.27. The molecule has 118 valence electrons. The van der Waals surface area contributed by atoms with Crippen molar-refractivity contribution in [2.75, 3.05) is 34.0 Å². The smallest absolute Gasteiger partial charge is 0.180 e. The highest BCUT2D eigenvalue weighted by molar-refractivity contribution is 6.32. The van der Waals surface area contributed by atoms with Crippen LogP contribution < -0.4 is 14.8 Å². The Balaban J connectivity index is 2.76. The van der Waals surface area contributed by atoms with E-state index in [1.165, 1.54) is 5.54 Å². The lowest BCUT2D eigenvalue weighted by Crippen LogP contribution is -2.18. The van der Waals surface area contributed by atoms with E-state index >= 15 is 0 Å². The summed E-state index contributed by atoms with van der Waals surface area (Å²) in [5.74, 6) is 1.13. The second-order valence-electron chi connectivity index (χ2n) is 4.52. The number of hydrogen-bond acceptors (Lipinski definition) is 4. The van der Waals surface area contributed by atoms with Crippen LogP contribution in [0.5, 0.6) is 11.5 Å². The van der Waals surface area contributed by atoms with Gasteiger partial charge in [-0.2, -0.15) is 0 Å². The Kier molecular flexibility index (Phi) is 8.54. The number of methoxy groups -OCH3 is 2. The summed E-state index contributed by atoms with van der Waals surface area (Å²) >= 11 is 11.9. The van der Waals surface area contributed by atoms with Gasteiger partial charge in [-0.05, 0) is 30.2 Å². The van der Waals surface area contributed by atoms with Gasteiger partial charge in [-0.1, -0.05) is 23.2 Å². The predicted octanol–water partition coefficient (Wildman–Crippen LogP) is 3.61. The van der Waals surface area contributed by atoms with Crippen molar-refractivity contribution in [3.05, 3.63) is 33.8 Å². The van der Waals surface area contributed by atoms with E-state index < -0.39 is 0 Å². The molecule has 0 spiro atoms. The molecule has 0 saturated heterocycles. The summed E-state index contributed by atoms with van der Waals surface area (Å²) < 4.78 is 16.0. The first-order chi connectivity index (χ1) is 10.1. The van der Waals surface area contributed by atoms with Crippen LogP contribution >= 0.6 is 23.2 Å². The third-order valence-corrected chi connectivity index (χ3v) is 3.39. The maximum Gasteiger partial charge on any atom is 0.180 e. The molecule has 0 amide bonds. The van der Waals surface area contributed by atoms with Gasteiger partial charge in [0.25, 0.3) is 0 Å². The van der Waals surface area contributed by atoms with Crippen LogP contribution in [0.1, 0.15) is 12.5 Å². The molecular weight excluding hydrogens is 313 g/mol. The molecule has 1 rings (SSSR count). The molecule has 0 atom stereocenters. The van der Waals surface area contributed by atoms with Crippen LogP contribution in [0, 0.1) is 0 Å². The van der Waals surface area contributed by atoms with Gasteiger partial charge in [0, 0.05) is 25.7 Å². The molecule has 1 aromatic carbocycles. The lowest BCUT2D eigenvalue weighted by Gasteiger charge is -2.14. The van der Waals surface area contributed by atoms with Gasteiger partial charge in [-0.15, -0.1) is 0 Å². The average molecular weight is 334 g/mol. The molecule has 1 aromatic rings. The van der Waals surface area contributed by atoms with Crippen molar-refractivity contribution >= 4 is 23.2 Å². The van der Waals surface area contributed by atoms with E-state index in [0.29, 0.717) is 36.3 Å². The fourth-order valence-electron chi connectivity index (χ4n) is 1.64. The molecule has 0 unspecified atom stereocenters. The van der Waals surface area contributed by atoms with Crippen LogP contribution in [0.2, 0.25) is 5.02 Å². The van der Waals surface area contributed by atoms with E-state index in [9.17, 15) is 0 Å². The molecule has 0 fully saturated rings. The number of ether oxygens (including phenoxy) is 3. The Hall–Kier alpha value is -0.940. The minimum atomic E-state index is 0.366. The number of benzene rings is 1. The molecule has 21 heavy (non-hydrogen) atoms. The second kappa shape index (κ2) is 9.90. The van der Waals surface area contributed by atoms with E-state index in [2.05, 4.69) is 5.32 Å². The van der Waals surface area contributed by atoms with Gasteiger partial charge in [-0.25, -0.2) is 0 Å². The van der Waals surface area contributed by atoms with Crippen molar-refractivity contribution in [1.82, 2.24) is 5.32 Å². The molecule has 0 aliphatic carbocycles. The first-order valence-electron chi connectivity index (χ1n) is 6.57. The number of nitrogens with one attached hydrogen (secondary N) is 1. The molecule has 6 heteroatoms. The molecule has 1 N–H and O–H groups in total. The zero-order chi connectivity index (χ0) is 15.7. The first kappa shape index (κ1) is 18.1. The standard InChI is InChI=1S/C15H21Cl2NO3/c1-11(8-16)10-21-15-13(17)6-12(7-14(15)20-3)9-18-4-5-19-2/h6-8,18H,4-5,9-10H2,1-3H3/b11-8+. The van der Waals surface area contributed by atoms with E-state index in [0.717, 1.165) is 17.7 Å². The minimum Gasteiger partial charge on any atom is -0.493 e. The van der Waals surface area contributed by atoms with Crippen LogP contribution in [0.4, 0.5) is 0 Å². The van der Waals surface area contributed by atoms with E-state index in [4.69, 9.17) is 37.4 Å². The van der Waals surface area contributed by atoms with Crippen LogP contribution in [0.15, 0.2) is 23.2 Å². The van der Waals surface area contributed by atoms with Crippen LogP contribution in [-0.2, 0) is 11.3 Å². The summed E-state index contributed by atoms with van der Waals surface area (Å²) in [5.41, 5.74) is 3.40. The molecular formula is C15H21Cl2NO3. The van der Waals surface area contributed by atoms with Crippen molar-refractivity contribution in [3.8, 4) is 11.5 Å². The normalized spacial score (nSPS) is 11.6. The zero-order valence-electron chi connectivity index (χ0n) is 12.5. The fourth-order valence-corrected chi connectivity index (χ4v) is 1.99. The van der Waals surface area contributed by atoms with Gasteiger partial charge in [0.2, 0.25) is 0 Å². The SMILES string of the molecule is COCCNCc1cc(Cl)c(OC/C(C)=C/Cl)c(OC)c1. The summed E-state index contributed by atoms with van der Waals surface area (Å²) in [7, 11) is 3.26. The van der Waals surface area contributed by atoms with Crippen molar-refractivity contribution in [1.29, 1.82) is 0 Å². The highest BCUT2D eigenvalue weighted by Crippen LogP contribution is 2.36. The monoisotopic (exact) mass is 333 g/mol. The predicted molar refractivity (Wildman–Crippen MR) is 86.7 cm³/mol. The first-order valence-corrected chi connectivity index (χ1v) is 7.38. The van der Waals surface area contributed by atoms with Crippen molar-refractivity contribution in [2.24, 2.45) is 0 Å². The highest BCUT2D eigenvalue weighted by atomic mass is 35.5. The van der Waals surface area contributed by atoms with Crippen molar-refractivity contribution < 1.29 is 14.2 Å². The lowest BCUT2D eigenvalue weighted by molar-refractivity contribution is 0.199. The van der Waals surface area contributed by atoms with Gasteiger partial charge in [0.15, 0.2) is 11.5 Å². The zero-order valence-corrected chi connectivity index (χ0v) is 14.1. The van der Waals surface area contributed by atoms with Gasteiger partial charge >= 0.3 is 0 Å². The maximum absolute atomic E-state index is 6.27. The minimum absolute atomic E-state index is 0.366. The Bertz CT molecular complexity index is 478. The highest BCUT2D eigenvalue weighted by Gasteiger charge is 2.12. The van der Waals surface area contributed by atoms with Crippen LogP contribution in [0.25, 0.3) is 0 Å². The summed E-state index contributed by atoms with van der Waals surface area (Å²) in [6.07, 6.45) is 0. The Morgan fingerprint density at radius 1 is 1.33 bits per heavy atom. The second-order valence-corrected chi connectivity index (χ2v) is 5.15. The van der Waals surface area contributed by atoms with Crippen molar-refractivity contribution in [2.45, 2.75) is 13.5 Å². The van der Waals surface area contributed by atoms with E-state index in [1.807, 2.05) is 19.1 Å². The van der Waals surface area contributed by atoms with Crippen molar-refractivity contribution in [3.63, 3.8) is 0 Å². The van der Waals surface area contributed by atoms with Gasteiger partial charge in [0.1, 0.15) is 6.61 Å². The molecule has 0 saturated carbocycles. The topological polar surface area (TPSA) is 39.7 Å². The van der Waals surface area contributed by atoms with E-state index in [-0.39, 0.29) is 0 Å². The third kappa shape index (κ3) is 6.14. The third-order valence-electron chi connectivity index (χ3n) is 2.73. The van der Waals surface area contributed by atoms with Crippen LogP contribution in [0.3, 0.4) is 0 Å². The summed E-state index contributed by atoms with van der Waals surface area (Å²) in [6, 6.07) is 3.76. The quantitative estimate of drug-likeness (QED) is 0.701. The summed E-state index contributed by atoms with van der Waals surface area (Å²) in [6.45, 7) is 4.36. The molecule has 0 aliphatic rings. The molecule has 0 radical (unpaired) electrons.